The van der Waals surface area contributed by atoms with Gasteiger partial charge in [-0.1, -0.05) is 6.07 Å². The van der Waals surface area contributed by atoms with Crippen LogP contribution in [0.25, 0.3) is 0 Å². The number of hydrogen-bond donors (Lipinski definition) is 1. The molecular weight excluding hydrogens is 250 g/mol. The summed E-state index contributed by atoms with van der Waals surface area (Å²) in [6.07, 6.45) is 2.57. The van der Waals surface area contributed by atoms with Gasteiger partial charge in [0, 0.05) is 26.2 Å². The molecule has 0 radical (unpaired) electrons. The summed E-state index contributed by atoms with van der Waals surface area (Å²) in [7, 11) is 1.71. The lowest BCUT2D eigenvalue weighted by Crippen LogP contribution is -2.37. The third kappa shape index (κ3) is 3.30. The first-order valence-electron chi connectivity index (χ1n) is 7.20. The summed E-state index contributed by atoms with van der Waals surface area (Å²) >= 11 is 0. The van der Waals surface area contributed by atoms with Crippen molar-refractivity contribution in [2.24, 2.45) is 11.7 Å². The van der Waals surface area contributed by atoms with Crippen molar-refractivity contribution in [3.63, 3.8) is 0 Å². The molecule has 2 rings (SSSR count). The number of nitrogens with two attached hydrogens (primary N) is 1. The van der Waals surface area contributed by atoms with Gasteiger partial charge in [0.05, 0.1) is 17.9 Å². The van der Waals surface area contributed by atoms with E-state index in [4.69, 9.17) is 10.5 Å². The maximum atomic E-state index is 9.40. The molecule has 1 saturated carbocycles. The molecule has 1 unspecified atom stereocenters. The Hall–Kier alpha value is -1.57. The lowest BCUT2D eigenvalue weighted by atomic mass is 10.1. The van der Waals surface area contributed by atoms with Crippen molar-refractivity contribution in [1.82, 2.24) is 0 Å². The minimum atomic E-state index is 0.445. The van der Waals surface area contributed by atoms with Gasteiger partial charge in [-0.05, 0) is 43.4 Å². The van der Waals surface area contributed by atoms with Crippen LogP contribution in [-0.4, -0.2) is 26.3 Å². The van der Waals surface area contributed by atoms with Crippen molar-refractivity contribution in [3.05, 3.63) is 29.3 Å². The van der Waals surface area contributed by atoms with Crippen LogP contribution in [0.5, 0.6) is 0 Å². The fourth-order valence-electron chi connectivity index (χ4n) is 2.62. The van der Waals surface area contributed by atoms with Crippen molar-refractivity contribution < 1.29 is 4.74 Å². The van der Waals surface area contributed by atoms with E-state index < -0.39 is 0 Å². The zero-order valence-electron chi connectivity index (χ0n) is 12.3. The summed E-state index contributed by atoms with van der Waals surface area (Å²) in [6.45, 7) is 4.18. The maximum Gasteiger partial charge on any atom is 0.101 e. The van der Waals surface area contributed by atoms with E-state index >= 15 is 0 Å². The second-order valence-corrected chi connectivity index (χ2v) is 5.43. The highest BCUT2D eigenvalue weighted by Gasteiger charge is 2.32. The topological polar surface area (TPSA) is 62.3 Å². The van der Waals surface area contributed by atoms with E-state index in [0.29, 0.717) is 24.8 Å². The number of methoxy groups -OCH3 is 1. The van der Waals surface area contributed by atoms with Crippen LogP contribution in [-0.2, 0) is 11.3 Å². The van der Waals surface area contributed by atoms with Gasteiger partial charge in [0.25, 0.3) is 0 Å². The van der Waals surface area contributed by atoms with Crippen molar-refractivity contribution in [2.45, 2.75) is 32.4 Å². The Kier molecular flexibility index (Phi) is 4.99. The van der Waals surface area contributed by atoms with E-state index in [0.717, 1.165) is 23.7 Å². The van der Waals surface area contributed by atoms with Crippen molar-refractivity contribution in [3.8, 4) is 6.07 Å². The molecule has 1 aliphatic rings. The first-order chi connectivity index (χ1) is 9.71. The van der Waals surface area contributed by atoms with Gasteiger partial charge in [-0.15, -0.1) is 0 Å². The smallest absolute Gasteiger partial charge is 0.101 e. The van der Waals surface area contributed by atoms with Gasteiger partial charge in [0.2, 0.25) is 0 Å². The number of nitrogens with zero attached hydrogens (tertiary/aromatic N) is 2. The average Bonchev–Trinajstić information content (AvgIpc) is 3.32. The largest absolute Gasteiger partial charge is 0.383 e. The maximum absolute atomic E-state index is 9.40. The van der Waals surface area contributed by atoms with E-state index in [1.54, 1.807) is 7.11 Å². The Morgan fingerprint density at radius 2 is 2.25 bits per heavy atom. The number of nitriles is 1. The zero-order valence-corrected chi connectivity index (χ0v) is 12.3. The monoisotopic (exact) mass is 273 g/mol. The van der Waals surface area contributed by atoms with Crippen LogP contribution in [0.15, 0.2) is 18.2 Å². The first kappa shape index (κ1) is 14.8. The van der Waals surface area contributed by atoms with Crippen molar-refractivity contribution >= 4 is 5.69 Å². The molecule has 0 spiro atoms. The van der Waals surface area contributed by atoms with Crippen LogP contribution in [0.1, 0.15) is 30.9 Å². The second kappa shape index (κ2) is 6.74. The summed E-state index contributed by atoms with van der Waals surface area (Å²) < 4.78 is 5.22. The van der Waals surface area contributed by atoms with Gasteiger partial charge in [-0.25, -0.2) is 0 Å². The molecule has 1 aromatic carbocycles. The predicted octanol–water partition coefficient (Wildman–Crippen LogP) is 2.27. The van der Waals surface area contributed by atoms with Crippen molar-refractivity contribution in [1.29, 1.82) is 5.26 Å². The Balaban J connectivity index is 2.29. The number of hydrogen-bond acceptors (Lipinski definition) is 4. The Bertz CT molecular complexity index is 491. The Morgan fingerprint density at radius 3 is 2.80 bits per heavy atom. The third-order valence-corrected chi connectivity index (χ3v) is 4.06. The van der Waals surface area contributed by atoms with Crippen LogP contribution in [0.2, 0.25) is 0 Å². The Labute approximate surface area is 121 Å². The molecule has 0 aliphatic heterocycles. The highest BCUT2D eigenvalue weighted by Crippen LogP contribution is 2.37. The molecule has 0 aromatic heterocycles. The van der Waals surface area contributed by atoms with E-state index in [1.807, 2.05) is 18.2 Å². The number of anilines is 1. The second-order valence-electron chi connectivity index (χ2n) is 5.43. The molecule has 4 nitrogen and oxygen atoms in total. The summed E-state index contributed by atoms with van der Waals surface area (Å²) in [5.74, 6) is 0.743. The van der Waals surface area contributed by atoms with Crippen LogP contribution in [0, 0.1) is 17.2 Å². The molecular formula is C16H23N3O. The molecule has 2 N–H and O–H groups in total. The molecule has 1 fully saturated rings. The molecule has 0 heterocycles. The fraction of sp³-hybridized carbons (Fsp3) is 0.562. The van der Waals surface area contributed by atoms with E-state index in [2.05, 4.69) is 17.9 Å². The Morgan fingerprint density at radius 1 is 1.50 bits per heavy atom. The van der Waals surface area contributed by atoms with Gasteiger partial charge < -0.3 is 15.4 Å². The van der Waals surface area contributed by atoms with Crippen LogP contribution < -0.4 is 10.6 Å². The minimum Gasteiger partial charge on any atom is -0.383 e. The van der Waals surface area contributed by atoms with E-state index in [9.17, 15) is 5.26 Å². The molecule has 1 aliphatic carbocycles. The molecule has 0 amide bonds. The highest BCUT2D eigenvalue weighted by molar-refractivity contribution is 5.61. The van der Waals surface area contributed by atoms with Gasteiger partial charge in [-0.2, -0.15) is 5.26 Å². The zero-order chi connectivity index (χ0) is 14.5. The van der Waals surface area contributed by atoms with Crippen LogP contribution >= 0.6 is 0 Å². The van der Waals surface area contributed by atoms with E-state index in [-0.39, 0.29) is 0 Å². The normalized spacial score (nSPS) is 15.7. The molecule has 4 heteroatoms. The minimum absolute atomic E-state index is 0.445. The molecule has 108 valence electrons. The predicted molar refractivity (Wildman–Crippen MR) is 80.5 cm³/mol. The number of benzene rings is 1. The van der Waals surface area contributed by atoms with Crippen LogP contribution in [0.4, 0.5) is 5.69 Å². The molecule has 0 saturated heterocycles. The molecule has 1 atom stereocenters. The van der Waals surface area contributed by atoms with Gasteiger partial charge >= 0.3 is 0 Å². The van der Waals surface area contributed by atoms with Crippen LogP contribution in [0.3, 0.4) is 0 Å². The summed E-state index contributed by atoms with van der Waals surface area (Å²) in [6, 6.07) is 8.68. The molecule has 0 bridgehead atoms. The molecule has 1 aromatic rings. The lowest BCUT2D eigenvalue weighted by molar-refractivity contribution is 0.202. The quantitative estimate of drug-likeness (QED) is 0.828. The molecule has 20 heavy (non-hydrogen) atoms. The van der Waals surface area contributed by atoms with Gasteiger partial charge in [0.15, 0.2) is 0 Å². The number of ether oxygens (including phenoxy) is 1. The SMILES string of the molecule is COCCN(c1ccc(CN)cc1C#N)C(C)C1CC1. The average molecular weight is 273 g/mol. The number of rotatable bonds is 7. The summed E-state index contributed by atoms with van der Waals surface area (Å²) in [5.41, 5.74) is 8.36. The van der Waals surface area contributed by atoms with Crippen molar-refractivity contribution in [2.75, 3.05) is 25.2 Å². The lowest BCUT2D eigenvalue weighted by Gasteiger charge is -2.32. The standard InChI is InChI=1S/C16H23N3O/c1-12(14-4-5-14)19(7-8-20-2)16-6-3-13(10-17)9-15(16)11-18/h3,6,9,12,14H,4-5,7-8,10,17H2,1-2H3. The van der Waals surface area contributed by atoms with Gasteiger partial charge in [-0.3, -0.25) is 0 Å². The summed E-state index contributed by atoms with van der Waals surface area (Å²) in [5, 5.41) is 9.40. The van der Waals surface area contributed by atoms with E-state index in [1.165, 1.54) is 12.8 Å². The highest BCUT2D eigenvalue weighted by atomic mass is 16.5. The first-order valence-corrected chi connectivity index (χ1v) is 7.20. The summed E-state index contributed by atoms with van der Waals surface area (Å²) in [4.78, 5) is 2.31. The fourth-order valence-corrected chi connectivity index (χ4v) is 2.62. The van der Waals surface area contributed by atoms with Gasteiger partial charge in [0.1, 0.15) is 6.07 Å². The third-order valence-electron chi connectivity index (χ3n) is 4.06.